The summed E-state index contributed by atoms with van der Waals surface area (Å²) in [6.45, 7) is 6.33. The summed E-state index contributed by atoms with van der Waals surface area (Å²) < 4.78 is 10.0. The highest BCUT2D eigenvalue weighted by molar-refractivity contribution is 7.09. The molecule has 0 aliphatic heterocycles. The Labute approximate surface area is 151 Å². The van der Waals surface area contributed by atoms with Crippen molar-refractivity contribution in [2.24, 2.45) is 0 Å². The molecule has 2 heterocycles. The fourth-order valence-electron chi connectivity index (χ4n) is 2.55. The zero-order valence-electron chi connectivity index (χ0n) is 15.1. The van der Waals surface area contributed by atoms with Crippen LogP contribution in [0, 0.1) is 20.8 Å². The number of aromatic amines is 1. The van der Waals surface area contributed by atoms with Crippen LogP contribution in [0.25, 0.3) is 0 Å². The molecule has 0 unspecified atom stereocenters. The van der Waals surface area contributed by atoms with E-state index in [0.29, 0.717) is 35.7 Å². The molecular weight excluding hydrogens is 342 g/mol. The van der Waals surface area contributed by atoms with Crippen LogP contribution >= 0.6 is 11.3 Å². The Balaban J connectivity index is 2.14. The molecule has 2 aromatic rings. The third-order valence-electron chi connectivity index (χ3n) is 3.79. The monoisotopic (exact) mass is 365 g/mol. The Morgan fingerprint density at radius 2 is 2.00 bits per heavy atom. The fourth-order valence-corrected chi connectivity index (χ4v) is 3.15. The van der Waals surface area contributed by atoms with Crippen molar-refractivity contribution in [3.05, 3.63) is 38.6 Å². The van der Waals surface area contributed by atoms with Crippen molar-refractivity contribution in [3.63, 3.8) is 0 Å². The van der Waals surface area contributed by atoms with Gasteiger partial charge < -0.3 is 19.4 Å². The van der Waals surface area contributed by atoms with Crippen LogP contribution in [0.3, 0.4) is 0 Å². The minimum absolute atomic E-state index is 0.172. The first kappa shape index (κ1) is 19.1. The number of methoxy groups -OCH3 is 1. The SMILES string of the molecule is COCCOC(=O)c1c(C)[nH]c(C(=O)N(C)Cc2csc(C)n2)c1C. The van der Waals surface area contributed by atoms with Gasteiger partial charge in [-0.2, -0.15) is 0 Å². The summed E-state index contributed by atoms with van der Waals surface area (Å²) in [5, 5.41) is 2.90. The Kier molecular flexibility index (Phi) is 6.33. The molecule has 0 aliphatic rings. The van der Waals surface area contributed by atoms with Crippen molar-refractivity contribution in [3.8, 4) is 0 Å². The summed E-state index contributed by atoms with van der Waals surface area (Å²) >= 11 is 1.55. The number of hydrogen-bond acceptors (Lipinski definition) is 6. The smallest absolute Gasteiger partial charge is 0.340 e. The Morgan fingerprint density at radius 1 is 1.28 bits per heavy atom. The van der Waals surface area contributed by atoms with Crippen LogP contribution < -0.4 is 0 Å². The van der Waals surface area contributed by atoms with Gasteiger partial charge in [-0.15, -0.1) is 11.3 Å². The lowest BCUT2D eigenvalue weighted by molar-refractivity contribution is 0.0387. The van der Waals surface area contributed by atoms with Gasteiger partial charge >= 0.3 is 5.97 Å². The lowest BCUT2D eigenvalue weighted by atomic mass is 10.1. The molecule has 0 radical (unpaired) electrons. The molecule has 0 saturated carbocycles. The predicted molar refractivity (Wildman–Crippen MR) is 95.1 cm³/mol. The molecular formula is C17H23N3O4S. The van der Waals surface area contributed by atoms with Crippen LogP contribution in [0.1, 0.15) is 42.8 Å². The fraction of sp³-hybridized carbons (Fsp3) is 0.471. The highest BCUT2D eigenvalue weighted by Crippen LogP contribution is 2.21. The lowest BCUT2D eigenvalue weighted by Crippen LogP contribution is -2.27. The van der Waals surface area contributed by atoms with E-state index in [9.17, 15) is 9.59 Å². The maximum atomic E-state index is 12.7. The number of aryl methyl sites for hydroxylation is 2. The number of nitrogens with zero attached hydrogens (tertiary/aromatic N) is 2. The minimum atomic E-state index is -0.458. The number of carbonyl (C=O) groups is 2. The lowest BCUT2D eigenvalue weighted by Gasteiger charge is -2.15. The molecule has 25 heavy (non-hydrogen) atoms. The van der Waals surface area contributed by atoms with E-state index in [1.165, 1.54) is 7.11 Å². The highest BCUT2D eigenvalue weighted by Gasteiger charge is 2.25. The number of esters is 1. The quantitative estimate of drug-likeness (QED) is 0.602. The Morgan fingerprint density at radius 3 is 2.60 bits per heavy atom. The number of ether oxygens (including phenoxy) is 2. The Bertz CT molecular complexity index is 766. The van der Waals surface area contributed by atoms with Gasteiger partial charge in [-0.05, 0) is 26.3 Å². The van der Waals surface area contributed by atoms with Crippen molar-refractivity contribution in [2.45, 2.75) is 27.3 Å². The van der Waals surface area contributed by atoms with Crippen LogP contribution in [0.5, 0.6) is 0 Å². The number of aromatic nitrogens is 2. The van der Waals surface area contributed by atoms with Crippen LogP contribution in [-0.2, 0) is 16.0 Å². The number of hydrogen-bond donors (Lipinski definition) is 1. The van der Waals surface area contributed by atoms with E-state index in [0.717, 1.165) is 10.7 Å². The summed E-state index contributed by atoms with van der Waals surface area (Å²) in [6, 6.07) is 0. The van der Waals surface area contributed by atoms with Crippen molar-refractivity contribution in [2.75, 3.05) is 27.4 Å². The van der Waals surface area contributed by atoms with E-state index in [4.69, 9.17) is 9.47 Å². The number of carbonyl (C=O) groups excluding carboxylic acids is 2. The summed E-state index contributed by atoms with van der Waals surface area (Å²) in [5.41, 5.74) is 2.84. The van der Waals surface area contributed by atoms with Gasteiger partial charge in [0.2, 0.25) is 0 Å². The molecule has 0 aromatic carbocycles. The van der Waals surface area contributed by atoms with Crippen LogP contribution in [0.15, 0.2) is 5.38 Å². The first-order valence-corrected chi connectivity index (χ1v) is 8.74. The van der Waals surface area contributed by atoms with E-state index in [1.807, 2.05) is 12.3 Å². The first-order chi connectivity index (χ1) is 11.8. The van der Waals surface area contributed by atoms with E-state index in [1.54, 1.807) is 37.1 Å². The summed E-state index contributed by atoms with van der Waals surface area (Å²) in [5.74, 6) is -0.651. The van der Waals surface area contributed by atoms with Crippen LogP contribution in [0.2, 0.25) is 0 Å². The first-order valence-electron chi connectivity index (χ1n) is 7.86. The van der Waals surface area contributed by atoms with Crippen molar-refractivity contribution < 1.29 is 19.1 Å². The van der Waals surface area contributed by atoms with Gasteiger partial charge in [-0.25, -0.2) is 9.78 Å². The second-order valence-corrected chi connectivity index (χ2v) is 6.84. The number of nitrogens with one attached hydrogen (secondary N) is 1. The van der Waals surface area contributed by atoms with Crippen LogP contribution in [0.4, 0.5) is 0 Å². The highest BCUT2D eigenvalue weighted by atomic mass is 32.1. The van der Waals surface area contributed by atoms with E-state index in [-0.39, 0.29) is 12.5 Å². The molecule has 2 aromatic heterocycles. The molecule has 0 aliphatic carbocycles. The normalized spacial score (nSPS) is 10.8. The third kappa shape index (κ3) is 4.46. The Hall–Kier alpha value is -2.19. The maximum absolute atomic E-state index is 12.7. The molecule has 0 spiro atoms. The molecule has 7 nitrogen and oxygen atoms in total. The average Bonchev–Trinajstić information content (AvgIpc) is 3.09. The van der Waals surface area contributed by atoms with Gasteiger partial charge in [-0.3, -0.25) is 4.79 Å². The molecule has 8 heteroatoms. The van der Waals surface area contributed by atoms with Crippen molar-refractivity contribution in [1.82, 2.24) is 14.9 Å². The summed E-state index contributed by atoms with van der Waals surface area (Å²) in [4.78, 5) is 33.9. The van der Waals surface area contributed by atoms with Gasteiger partial charge in [0.15, 0.2) is 0 Å². The number of rotatable bonds is 7. The van der Waals surface area contributed by atoms with Crippen LogP contribution in [-0.4, -0.2) is 54.1 Å². The van der Waals surface area contributed by atoms with E-state index < -0.39 is 5.97 Å². The maximum Gasteiger partial charge on any atom is 0.340 e. The zero-order valence-corrected chi connectivity index (χ0v) is 16.0. The average molecular weight is 365 g/mol. The van der Waals surface area contributed by atoms with E-state index in [2.05, 4.69) is 9.97 Å². The largest absolute Gasteiger partial charge is 0.460 e. The molecule has 136 valence electrons. The molecule has 1 N–H and O–H groups in total. The second kappa shape index (κ2) is 8.26. The third-order valence-corrected chi connectivity index (χ3v) is 4.61. The van der Waals surface area contributed by atoms with E-state index >= 15 is 0 Å². The topological polar surface area (TPSA) is 84.5 Å². The number of amides is 1. The molecule has 0 saturated heterocycles. The van der Waals surface area contributed by atoms with Gasteiger partial charge in [-0.1, -0.05) is 0 Å². The van der Waals surface area contributed by atoms with Crippen molar-refractivity contribution in [1.29, 1.82) is 0 Å². The number of thiazole rings is 1. The van der Waals surface area contributed by atoms with Gasteiger partial charge in [0, 0.05) is 25.2 Å². The second-order valence-electron chi connectivity index (χ2n) is 5.77. The standard InChI is InChI=1S/C17H23N3O4S/c1-10-14(17(22)24-7-6-23-5)11(2)18-15(10)16(21)20(4)8-13-9-25-12(3)19-13/h9,18H,6-8H2,1-5H3. The molecule has 0 fully saturated rings. The predicted octanol–water partition coefficient (Wildman–Crippen LogP) is 2.47. The van der Waals surface area contributed by atoms with Crippen molar-refractivity contribution >= 4 is 23.2 Å². The zero-order chi connectivity index (χ0) is 18.6. The molecule has 0 atom stereocenters. The molecule has 0 bridgehead atoms. The number of H-pyrrole nitrogens is 1. The van der Waals surface area contributed by atoms with Gasteiger partial charge in [0.05, 0.1) is 29.4 Å². The van der Waals surface area contributed by atoms with Gasteiger partial charge in [0.1, 0.15) is 12.3 Å². The summed E-state index contributed by atoms with van der Waals surface area (Å²) in [6.07, 6.45) is 0. The molecule has 2 rings (SSSR count). The van der Waals surface area contributed by atoms with Gasteiger partial charge in [0.25, 0.3) is 5.91 Å². The summed E-state index contributed by atoms with van der Waals surface area (Å²) in [7, 11) is 3.25. The molecule has 1 amide bonds. The minimum Gasteiger partial charge on any atom is -0.460 e.